The lowest BCUT2D eigenvalue weighted by atomic mass is 10.3. The molecule has 0 spiro atoms. The minimum atomic E-state index is -0.470. The number of ketones is 1. The Bertz CT molecular complexity index is 757. The van der Waals surface area contributed by atoms with Gasteiger partial charge in [-0.25, -0.2) is 15.0 Å². The second kappa shape index (κ2) is 6.59. The monoisotopic (exact) mass is 351 g/mol. The first-order valence-corrected chi connectivity index (χ1v) is 8.35. The van der Waals surface area contributed by atoms with Crippen LogP contribution in [0.3, 0.4) is 0 Å². The first kappa shape index (κ1) is 15.8. The highest BCUT2D eigenvalue weighted by atomic mass is 35.5. The summed E-state index contributed by atoms with van der Waals surface area (Å²) < 4.78 is 0. The maximum atomic E-state index is 12.4. The maximum absolute atomic E-state index is 12.4. The number of thiazole rings is 1. The van der Waals surface area contributed by atoms with E-state index in [-0.39, 0.29) is 16.5 Å². The summed E-state index contributed by atoms with van der Waals surface area (Å²) in [5.41, 5.74) is 0.417. The molecule has 1 N–H and O–H groups in total. The van der Waals surface area contributed by atoms with Gasteiger partial charge in [0.2, 0.25) is 5.95 Å². The number of hydrogen-bond donors (Lipinski definition) is 1. The fourth-order valence-corrected chi connectivity index (χ4v) is 3.16. The minimum Gasteiger partial charge on any atom is -0.341 e. The van der Waals surface area contributed by atoms with Gasteiger partial charge in [0.15, 0.2) is 16.6 Å². The van der Waals surface area contributed by atoms with Crippen LogP contribution >= 0.6 is 22.9 Å². The average molecular weight is 352 g/mol. The van der Waals surface area contributed by atoms with E-state index in [1.807, 2.05) is 4.90 Å². The van der Waals surface area contributed by atoms with Crippen molar-refractivity contribution in [2.45, 2.75) is 19.8 Å². The fourth-order valence-electron chi connectivity index (χ4n) is 2.24. The lowest BCUT2D eigenvalue weighted by Gasteiger charge is -2.15. The highest BCUT2D eigenvalue weighted by Crippen LogP contribution is 2.22. The number of nitrogens with zero attached hydrogens (tertiary/aromatic N) is 4. The second-order valence-corrected chi connectivity index (χ2v) is 6.37. The molecule has 1 amide bonds. The van der Waals surface area contributed by atoms with E-state index in [9.17, 15) is 9.59 Å². The Morgan fingerprint density at radius 1 is 1.30 bits per heavy atom. The Morgan fingerprint density at radius 2 is 2.04 bits per heavy atom. The molecular weight excluding hydrogens is 338 g/mol. The molecule has 0 radical (unpaired) electrons. The van der Waals surface area contributed by atoms with Crippen molar-refractivity contribution in [3.63, 3.8) is 0 Å². The van der Waals surface area contributed by atoms with Crippen molar-refractivity contribution >= 4 is 45.7 Å². The highest BCUT2D eigenvalue weighted by molar-refractivity contribution is 7.14. The lowest BCUT2D eigenvalue weighted by molar-refractivity contribution is 0.100. The van der Waals surface area contributed by atoms with Gasteiger partial charge >= 0.3 is 0 Å². The van der Waals surface area contributed by atoms with E-state index in [1.165, 1.54) is 24.5 Å². The molecule has 0 unspecified atom stereocenters. The van der Waals surface area contributed by atoms with Crippen LogP contribution in [0.2, 0.25) is 5.02 Å². The fraction of sp³-hybridized carbons (Fsp3) is 0.357. The van der Waals surface area contributed by atoms with Crippen molar-refractivity contribution < 1.29 is 9.59 Å². The van der Waals surface area contributed by atoms with Crippen LogP contribution < -0.4 is 10.2 Å². The van der Waals surface area contributed by atoms with E-state index in [2.05, 4.69) is 20.3 Å². The number of rotatable bonds is 4. The zero-order valence-corrected chi connectivity index (χ0v) is 13.9. The third kappa shape index (κ3) is 3.48. The van der Waals surface area contributed by atoms with Crippen LogP contribution in [0.25, 0.3) is 0 Å². The number of aromatic nitrogens is 3. The van der Waals surface area contributed by atoms with Gasteiger partial charge in [-0.2, -0.15) is 0 Å². The summed E-state index contributed by atoms with van der Waals surface area (Å²) in [6.07, 6.45) is 3.60. The van der Waals surface area contributed by atoms with Crippen LogP contribution in [-0.4, -0.2) is 39.7 Å². The molecule has 0 aliphatic carbocycles. The summed E-state index contributed by atoms with van der Waals surface area (Å²) in [5.74, 6) is -0.124. The van der Waals surface area contributed by atoms with Gasteiger partial charge in [-0.3, -0.25) is 14.9 Å². The van der Waals surface area contributed by atoms with E-state index in [0.29, 0.717) is 16.8 Å². The van der Waals surface area contributed by atoms with E-state index in [1.54, 1.807) is 5.38 Å². The normalized spacial score (nSPS) is 14.1. The Labute approximate surface area is 141 Å². The molecule has 1 aliphatic rings. The third-order valence-electron chi connectivity index (χ3n) is 3.42. The van der Waals surface area contributed by atoms with Crippen molar-refractivity contribution in [1.82, 2.24) is 15.0 Å². The minimum absolute atomic E-state index is 0.100. The predicted octanol–water partition coefficient (Wildman–Crippen LogP) is 2.64. The Hall–Kier alpha value is -2.06. The summed E-state index contributed by atoms with van der Waals surface area (Å²) in [7, 11) is 0. The van der Waals surface area contributed by atoms with E-state index >= 15 is 0 Å². The topological polar surface area (TPSA) is 88.1 Å². The number of halogens is 1. The molecular formula is C14H14ClN5O2S. The Kier molecular flexibility index (Phi) is 4.53. The van der Waals surface area contributed by atoms with Gasteiger partial charge in [-0.1, -0.05) is 11.6 Å². The van der Waals surface area contributed by atoms with Crippen LogP contribution in [0.4, 0.5) is 11.1 Å². The summed E-state index contributed by atoms with van der Waals surface area (Å²) >= 11 is 7.22. The predicted molar refractivity (Wildman–Crippen MR) is 88.6 cm³/mol. The summed E-state index contributed by atoms with van der Waals surface area (Å²) in [6.45, 7) is 3.17. The third-order valence-corrected chi connectivity index (χ3v) is 4.46. The molecule has 2 aromatic heterocycles. The van der Waals surface area contributed by atoms with Gasteiger partial charge in [0, 0.05) is 25.4 Å². The second-order valence-electron chi connectivity index (χ2n) is 5.11. The molecule has 0 atom stereocenters. The molecule has 9 heteroatoms. The molecule has 0 saturated carbocycles. The molecule has 7 nitrogen and oxygen atoms in total. The number of anilines is 2. The smallest absolute Gasteiger partial charge is 0.277 e. The van der Waals surface area contributed by atoms with Gasteiger partial charge < -0.3 is 4.90 Å². The Morgan fingerprint density at radius 3 is 2.70 bits per heavy atom. The van der Waals surface area contributed by atoms with Gasteiger partial charge in [-0.15, -0.1) is 11.3 Å². The van der Waals surface area contributed by atoms with Crippen molar-refractivity contribution in [1.29, 1.82) is 0 Å². The molecule has 1 fully saturated rings. The first-order chi connectivity index (χ1) is 11.0. The Balaban J connectivity index is 1.80. The molecule has 120 valence electrons. The highest BCUT2D eigenvalue weighted by Gasteiger charge is 2.20. The van der Waals surface area contributed by atoms with E-state index in [4.69, 9.17) is 11.6 Å². The first-order valence-electron chi connectivity index (χ1n) is 7.10. The SMILES string of the molecule is CC(=O)c1csc(NC(=O)c2nc(N3CCCC3)ncc2Cl)n1. The molecule has 3 rings (SSSR count). The van der Waals surface area contributed by atoms with Crippen molar-refractivity contribution in [2.75, 3.05) is 23.3 Å². The largest absolute Gasteiger partial charge is 0.341 e. The molecule has 1 aliphatic heterocycles. The zero-order valence-electron chi connectivity index (χ0n) is 12.4. The maximum Gasteiger partial charge on any atom is 0.277 e. The van der Waals surface area contributed by atoms with Crippen LogP contribution in [-0.2, 0) is 0 Å². The standard InChI is InChI=1S/C14H14ClN5O2S/c1-8(21)10-7-23-14(17-10)19-12(22)11-9(15)6-16-13(18-11)20-4-2-3-5-20/h6-7H,2-5H2,1H3,(H,17,19,22). The van der Waals surface area contributed by atoms with Crippen LogP contribution in [0.1, 0.15) is 40.7 Å². The van der Waals surface area contributed by atoms with Crippen molar-refractivity contribution in [2.24, 2.45) is 0 Å². The van der Waals surface area contributed by atoms with E-state index in [0.717, 1.165) is 25.9 Å². The number of Topliss-reactive ketones (excluding diaryl/α,β-unsaturated/α-hetero) is 1. The van der Waals surface area contributed by atoms with Gasteiger partial charge in [-0.05, 0) is 12.8 Å². The number of nitrogens with one attached hydrogen (secondary N) is 1. The molecule has 3 heterocycles. The molecule has 1 saturated heterocycles. The van der Waals surface area contributed by atoms with Gasteiger partial charge in [0.1, 0.15) is 5.69 Å². The number of amides is 1. The number of hydrogen-bond acceptors (Lipinski definition) is 7. The van der Waals surface area contributed by atoms with E-state index < -0.39 is 5.91 Å². The summed E-state index contributed by atoms with van der Waals surface area (Å²) in [4.78, 5) is 38.1. The average Bonchev–Trinajstić information content (AvgIpc) is 3.18. The summed E-state index contributed by atoms with van der Waals surface area (Å²) in [6, 6.07) is 0. The molecule has 2 aromatic rings. The quantitative estimate of drug-likeness (QED) is 0.852. The number of carbonyl (C=O) groups is 2. The molecule has 0 bridgehead atoms. The lowest BCUT2D eigenvalue weighted by Crippen LogP contribution is -2.23. The van der Waals surface area contributed by atoms with Crippen molar-refractivity contribution in [3.8, 4) is 0 Å². The van der Waals surface area contributed by atoms with Crippen LogP contribution in [0.5, 0.6) is 0 Å². The zero-order chi connectivity index (χ0) is 16.4. The summed E-state index contributed by atoms with van der Waals surface area (Å²) in [5, 5.41) is 4.71. The van der Waals surface area contributed by atoms with Gasteiger partial charge in [0.05, 0.1) is 11.2 Å². The van der Waals surface area contributed by atoms with Crippen LogP contribution in [0.15, 0.2) is 11.6 Å². The number of carbonyl (C=O) groups excluding carboxylic acids is 2. The van der Waals surface area contributed by atoms with Crippen molar-refractivity contribution in [3.05, 3.63) is 28.0 Å². The van der Waals surface area contributed by atoms with Crippen LogP contribution in [0, 0.1) is 0 Å². The molecule has 23 heavy (non-hydrogen) atoms. The van der Waals surface area contributed by atoms with Gasteiger partial charge in [0.25, 0.3) is 5.91 Å². The molecule has 0 aromatic carbocycles.